The van der Waals surface area contributed by atoms with E-state index in [4.69, 9.17) is 17.0 Å². The van der Waals surface area contributed by atoms with E-state index < -0.39 is 11.9 Å². The summed E-state index contributed by atoms with van der Waals surface area (Å²) in [6.07, 6.45) is 0. The number of esters is 2. The van der Waals surface area contributed by atoms with Gasteiger partial charge in [0.25, 0.3) is 0 Å². The summed E-state index contributed by atoms with van der Waals surface area (Å²) >= 11 is 6.73. The first kappa shape index (κ1) is 18.9. The van der Waals surface area contributed by atoms with Crippen LogP contribution in [-0.4, -0.2) is 31.3 Å². The van der Waals surface area contributed by atoms with Gasteiger partial charge in [-0.25, -0.2) is 9.59 Å². The highest BCUT2D eigenvalue weighted by Crippen LogP contribution is 2.33. The number of benzene rings is 1. The average molecular weight is 378 g/mol. The summed E-state index contributed by atoms with van der Waals surface area (Å²) in [4.78, 5) is 24.4. The van der Waals surface area contributed by atoms with Crippen molar-refractivity contribution in [3.05, 3.63) is 45.8 Å². The molecular weight excluding hydrogens is 360 g/mol. The summed E-state index contributed by atoms with van der Waals surface area (Å²) in [5, 5.41) is 7.00. The van der Waals surface area contributed by atoms with Crippen LogP contribution in [0.3, 0.4) is 0 Å². The summed E-state index contributed by atoms with van der Waals surface area (Å²) in [6.45, 7) is 3.80. The molecule has 0 amide bonds. The molecule has 6 nitrogen and oxygen atoms in total. The van der Waals surface area contributed by atoms with Crippen molar-refractivity contribution in [3.63, 3.8) is 0 Å². The van der Waals surface area contributed by atoms with Crippen molar-refractivity contribution in [2.24, 2.45) is 0 Å². The maximum Gasteiger partial charge on any atom is 0.341 e. The Morgan fingerprint density at radius 1 is 1.00 bits per heavy atom. The molecule has 0 saturated heterocycles. The summed E-state index contributed by atoms with van der Waals surface area (Å²) < 4.78 is 9.49. The number of ether oxygens (including phenoxy) is 2. The first-order chi connectivity index (χ1) is 11.9. The number of nitrogens with one attached hydrogen (secondary N) is 2. The van der Waals surface area contributed by atoms with E-state index >= 15 is 0 Å². The molecule has 132 valence electrons. The van der Waals surface area contributed by atoms with Crippen molar-refractivity contribution in [3.8, 4) is 0 Å². The van der Waals surface area contributed by atoms with Crippen LogP contribution in [0.5, 0.6) is 0 Å². The zero-order chi connectivity index (χ0) is 18.6. The van der Waals surface area contributed by atoms with Crippen LogP contribution in [-0.2, 0) is 9.47 Å². The molecule has 0 atom stereocenters. The summed E-state index contributed by atoms with van der Waals surface area (Å²) in [5.41, 5.74) is 2.50. The highest BCUT2D eigenvalue weighted by atomic mass is 32.1. The zero-order valence-corrected chi connectivity index (χ0v) is 15.9. The van der Waals surface area contributed by atoms with Crippen molar-refractivity contribution in [1.29, 1.82) is 0 Å². The lowest BCUT2D eigenvalue weighted by atomic mass is 10.1. The lowest BCUT2D eigenvalue weighted by molar-refractivity contribution is 0.0592. The Bertz CT molecular complexity index is 813. The minimum Gasteiger partial charge on any atom is -0.465 e. The third-order valence-electron chi connectivity index (χ3n) is 3.57. The number of hydrogen-bond donors (Lipinski definition) is 2. The Morgan fingerprint density at radius 3 is 2.16 bits per heavy atom. The second-order valence-corrected chi connectivity index (χ2v) is 6.76. The van der Waals surface area contributed by atoms with Crippen molar-refractivity contribution in [2.75, 3.05) is 24.9 Å². The summed E-state index contributed by atoms with van der Waals surface area (Å²) in [6, 6.07) is 6.70. The molecular formula is C17H18N2O4S2. The first-order valence-electron chi connectivity index (χ1n) is 7.32. The van der Waals surface area contributed by atoms with E-state index in [0.29, 0.717) is 26.9 Å². The van der Waals surface area contributed by atoms with Crippen LogP contribution >= 0.6 is 23.6 Å². The first-order valence-corrected chi connectivity index (χ1v) is 8.54. The Labute approximate surface area is 155 Å². The smallest absolute Gasteiger partial charge is 0.341 e. The van der Waals surface area contributed by atoms with E-state index in [-0.39, 0.29) is 0 Å². The number of methoxy groups -OCH3 is 2. The molecule has 0 bridgehead atoms. The minimum atomic E-state index is -0.408. The molecule has 0 saturated carbocycles. The normalized spacial score (nSPS) is 10.1. The molecule has 1 aromatic heterocycles. The number of carbonyl (C=O) groups is 2. The molecule has 0 aliphatic rings. The van der Waals surface area contributed by atoms with Gasteiger partial charge < -0.3 is 20.1 Å². The van der Waals surface area contributed by atoms with Crippen LogP contribution in [0.2, 0.25) is 0 Å². The molecule has 2 N–H and O–H groups in total. The highest BCUT2D eigenvalue weighted by molar-refractivity contribution is 7.80. The topological polar surface area (TPSA) is 76.7 Å². The van der Waals surface area contributed by atoms with Gasteiger partial charge in [0.05, 0.1) is 25.3 Å². The van der Waals surface area contributed by atoms with Gasteiger partial charge in [0.1, 0.15) is 5.00 Å². The van der Waals surface area contributed by atoms with E-state index in [0.717, 1.165) is 10.4 Å². The maximum absolute atomic E-state index is 12.0. The van der Waals surface area contributed by atoms with Gasteiger partial charge in [-0.2, -0.15) is 0 Å². The van der Waals surface area contributed by atoms with Gasteiger partial charge in [0.15, 0.2) is 5.11 Å². The van der Waals surface area contributed by atoms with Crippen LogP contribution in [0.1, 0.15) is 31.2 Å². The Morgan fingerprint density at radius 2 is 1.60 bits per heavy atom. The molecule has 0 aliphatic carbocycles. The Balaban J connectivity index is 2.12. The predicted octanol–water partition coefficient (Wildman–Crippen LogP) is 3.75. The van der Waals surface area contributed by atoms with Gasteiger partial charge >= 0.3 is 11.9 Å². The van der Waals surface area contributed by atoms with E-state index in [1.807, 2.05) is 13.8 Å². The van der Waals surface area contributed by atoms with Gasteiger partial charge in [0.2, 0.25) is 0 Å². The molecule has 0 aliphatic heterocycles. The fourth-order valence-corrected chi connectivity index (χ4v) is 3.47. The molecule has 0 fully saturated rings. The van der Waals surface area contributed by atoms with Gasteiger partial charge in [-0.3, -0.25) is 0 Å². The van der Waals surface area contributed by atoms with Crippen molar-refractivity contribution in [1.82, 2.24) is 0 Å². The third-order valence-corrected chi connectivity index (χ3v) is 4.89. The quantitative estimate of drug-likeness (QED) is 0.620. The van der Waals surface area contributed by atoms with Crippen LogP contribution in [0.4, 0.5) is 10.7 Å². The Kier molecular flexibility index (Phi) is 6.11. The number of aryl methyl sites for hydroxylation is 1. The van der Waals surface area contributed by atoms with Crippen molar-refractivity contribution in [2.45, 2.75) is 13.8 Å². The van der Waals surface area contributed by atoms with E-state index in [9.17, 15) is 9.59 Å². The fourth-order valence-electron chi connectivity index (χ4n) is 2.14. The zero-order valence-electron chi connectivity index (χ0n) is 14.3. The van der Waals surface area contributed by atoms with Crippen molar-refractivity contribution >= 4 is 51.3 Å². The maximum atomic E-state index is 12.0. The van der Waals surface area contributed by atoms with Crippen LogP contribution in [0.25, 0.3) is 0 Å². The number of anilines is 2. The monoisotopic (exact) mass is 378 g/mol. The molecule has 0 unspecified atom stereocenters. The molecule has 2 aromatic rings. The van der Waals surface area contributed by atoms with E-state index in [1.54, 1.807) is 24.3 Å². The second-order valence-electron chi connectivity index (χ2n) is 5.13. The number of thiophene rings is 1. The van der Waals surface area contributed by atoms with E-state index in [1.165, 1.54) is 25.6 Å². The molecule has 0 radical (unpaired) electrons. The number of hydrogen-bond acceptors (Lipinski definition) is 6. The largest absolute Gasteiger partial charge is 0.465 e. The Hall–Kier alpha value is -2.45. The fraction of sp³-hybridized carbons (Fsp3) is 0.235. The SMILES string of the molecule is COC(=O)c1ccc(NC(=S)Nc2sc(C)c(C)c2C(=O)OC)cc1. The molecule has 8 heteroatoms. The van der Waals surface area contributed by atoms with Crippen LogP contribution in [0.15, 0.2) is 24.3 Å². The van der Waals surface area contributed by atoms with Crippen LogP contribution in [0, 0.1) is 13.8 Å². The minimum absolute atomic E-state index is 0.331. The van der Waals surface area contributed by atoms with Gasteiger partial charge in [-0.05, 0) is 55.9 Å². The molecule has 1 heterocycles. The average Bonchev–Trinajstić information content (AvgIpc) is 2.87. The summed E-state index contributed by atoms with van der Waals surface area (Å²) in [7, 11) is 2.68. The van der Waals surface area contributed by atoms with Gasteiger partial charge in [-0.15, -0.1) is 11.3 Å². The van der Waals surface area contributed by atoms with Gasteiger partial charge in [-0.1, -0.05) is 0 Å². The lowest BCUT2D eigenvalue weighted by Gasteiger charge is -2.11. The van der Waals surface area contributed by atoms with Gasteiger partial charge in [0, 0.05) is 10.6 Å². The van der Waals surface area contributed by atoms with E-state index in [2.05, 4.69) is 15.4 Å². The molecule has 2 rings (SSSR count). The van der Waals surface area contributed by atoms with Crippen molar-refractivity contribution < 1.29 is 19.1 Å². The van der Waals surface area contributed by atoms with Crippen LogP contribution < -0.4 is 10.6 Å². The lowest BCUT2D eigenvalue weighted by Crippen LogP contribution is -2.20. The molecule has 0 spiro atoms. The second kappa shape index (κ2) is 8.09. The standard InChI is InChI=1S/C17H18N2O4S2/c1-9-10(2)25-14(13(9)16(21)23-4)19-17(24)18-12-7-5-11(6-8-12)15(20)22-3/h5-8H,1-4H3,(H2,18,19,24). The molecule has 25 heavy (non-hydrogen) atoms. The number of thiocarbonyl (C=S) groups is 1. The molecule has 1 aromatic carbocycles. The highest BCUT2D eigenvalue weighted by Gasteiger charge is 2.20. The number of rotatable bonds is 4. The third kappa shape index (κ3) is 4.34. The summed E-state index contributed by atoms with van der Waals surface area (Å²) in [5.74, 6) is -0.811. The predicted molar refractivity (Wildman–Crippen MR) is 103 cm³/mol. The number of carbonyl (C=O) groups excluding carboxylic acids is 2.